The maximum atomic E-state index is 13.1. The van der Waals surface area contributed by atoms with Gasteiger partial charge in [-0.25, -0.2) is 9.97 Å². The van der Waals surface area contributed by atoms with Crippen LogP contribution in [-0.4, -0.2) is 9.97 Å². The zero-order valence-electron chi connectivity index (χ0n) is 10.6. The average molecular weight is 271 g/mol. The fraction of sp³-hybridized carbons (Fsp3) is 0.692. The third kappa shape index (κ3) is 2.45. The van der Waals surface area contributed by atoms with Crippen LogP contribution in [0.1, 0.15) is 60.8 Å². The first kappa shape index (κ1) is 12.8. The van der Waals surface area contributed by atoms with E-state index in [1.54, 1.807) is 0 Å². The Morgan fingerprint density at radius 2 is 1.74 bits per heavy atom. The van der Waals surface area contributed by atoms with Crippen LogP contribution in [0.2, 0.25) is 0 Å². The Morgan fingerprint density at radius 1 is 1.00 bits per heavy atom. The monoisotopic (exact) mass is 271 g/mol. The highest BCUT2D eigenvalue weighted by Crippen LogP contribution is 2.36. The van der Waals surface area contributed by atoms with E-state index >= 15 is 0 Å². The Balaban J connectivity index is 2.02. The smallest absolute Gasteiger partial charge is 0.307 e. The molecule has 2 aliphatic rings. The number of rotatable bonds is 1. The van der Waals surface area contributed by atoms with Gasteiger partial charge in [0.15, 0.2) is 5.69 Å². The van der Waals surface area contributed by atoms with Gasteiger partial charge in [-0.15, -0.1) is 0 Å². The van der Waals surface area contributed by atoms with Crippen molar-refractivity contribution in [3.63, 3.8) is 0 Å². The van der Waals surface area contributed by atoms with E-state index < -0.39 is 11.9 Å². The Morgan fingerprint density at radius 3 is 2.42 bits per heavy atom. The Hall–Kier alpha value is -1.17. The largest absolute Gasteiger partial charge is 0.433 e. The molecule has 0 bridgehead atoms. The summed E-state index contributed by atoms with van der Waals surface area (Å²) in [5.41, 5.74) is 0.0260. The van der Waals surface area contributed by atoms with Crippen LogP contribution in [-0.2, 0) is 19.3 Å². The lowest BCUT2D eigenvalue weighted by Gasteiger charge is -2.22. The zero-order chi connectivity index (χ0) is 13.5. The number of alkyl halides is 3. The van der Waals surface area contributed by atoms with Gasteiger partial charge in [-0.05, 0) is 12.8 Å². The molecule has 1 saturated carbocycles. The Kier molecular flexibility index (Phi) is 3.20. The lowest BCUT2D eigenvalue weighted by atomic mass is 9.88. The lowest BCUT2D eigenvalue weighted by molar-refractivity contribution is -0.142. The normalized spacial score (nSPS) is 20.6. The van der Waals surface area contributed by atoms with E-state index in [0.29, 0.717) is 18.1 Å². The summed E-state index contributed by atoms with van der Waals surface area (Å²) in [6, 6.07) is 0. The molecule has 3 rings (SSSR count). The summed E-state index contributed by atoms with van der Waals surface area (Å²) >= 11 is 0. The zero-order valence-corrected chi connectivity index (χ0v) is 10.6. The van der Waals surface area contributed by atoms with Crippen LogP contribution >= 0.6 is 0 Å². The van der Waals surface area contributed by atoms with Crippen LogP contribution in [0.25, 0.3) is 0 Å². The molecule has 0 saturated heterocycles. The molecular formula is C13H16F3N3. The third-order valence-electron chi connectivity index (χ3n) is 3.94. The van der Waals surface area contributed by atoms with Gasteiger partial charge in [0.05, 0.1) is 5.69 Å². The molecule has 104 valence electrons. The molecule has 1 aliphatic heterocycles. The van der Waals surface area contributed by atoms with Gasteiger partial charge in [0.25, 0.3) is 0 Å². The van der Waals surface area contributed by atoms with Crippen LogP contribution in [0, 0.1) is 0 Å². The topological polar surface area (TPSA) is 37.8 Å². The number of hydrogen-bond acceptors (Lipinski definition) is 3. The second-order valence-electron chi connectivity index (χ2n) is 5.29. The lowest BCUT2D eigenvalue weighted by Crippen LogP contribution is -2.18. The fourth-order valence-corrected chi connectivity index (χ4v) is 2.97. The van der Waals surface area contributed by atoms with Gasteiger partial charge in [-0.3, -0.25) is 0 Å². The molecule has 0 amide bonds. The van der Waals surface area contributed by atoms with Crippen molar-refractivity contribution in [3.8, 4) is 0 Å². The molecule has 1 aromatic rings. The molecule has 1 aliphatic carbocycles. The van der Waals surface area contributed by atoms with E-state index in [0.717, 1.165) is 32.1 Å². The Labute approximate surface area is 109 Å². The van der Waals surface area contributed by atoms with E-state index in [2.05, 4.69) is 15.3 Å². The predicted molar refractivity (Wildman–Crippen MR) is 63.4 cm³/mol. The molecule has 1 fully saturated rings. The summed E-state index contributed by atoms with van der Waals surface area (Å²) < 4.78 is 39.2. The van der Waals surface area contributed by atoms with Crippen LogP contribution in [0.4, 0.5) is 13.2 Å². The van der Waals surface area contributed by atoms with Crippen LogP contribution in [0.3, 0.4) is 0 Å². The van der Waals surface area contributed by atoms with Crippen molar-refractivity contribution in [3.05, 3.63) is 22.8 Å². The summed E-state index contributed by atoms with van der Waals surface area (Å²) in [6.07, 6.45) is 0.708. The minimum Gasteiger partial charge on any atom is -0.307 e. The molecule has 0 radical (unpaired) electrons. The molecule has 1 N–H and O–H groups in total. The van der Waals surface area contributed by atoms with E-state index in [1.165, 1.54) is 0 Å². The summed E-state index contributed by atoms with van der Waals surface area (Å²) in [6.45, 7) is 0.635. The number of fused-ring (bicyclic) bond motifs is 1. The van der Waals surface area contributed by atoms with Crippen molar-refractivity contribution in [1.29, 1.82) is 0 Å². The van der Waals surface area contributed by atoms with Crippen molar-refractivity contribution >= 4 is 0 Å². The van der Waals surface area contributed by atoms with Gasteiger partial charge in [0.1, 0.15) is 5.82 Å². The minimum atomic E-state index is -4.39. The molecule has 0 aromatic carbocycles. The summed E-state index contributed by atoms with van der Waals surface area (Å²) in [5.74, 6) is 0.496. The van der Waals surface area contributed by atoms with Crippen molar-refractivity contribution in [2.45, 2.75) is 57.3 Å². The molecular weight excluding hydrogens is 255 g/mol. The van der Waals surface area contributed by atoms with Crippen LogP contribution < -0.4 is 5.32 Å². The standard InChI is InChI=1S/C13H16F3N3/c14-13(15,16)11-9-6-17-7-10(9)18-12(19-11)8-4-2-1-3-5-8/h8,17H,1-7H2. The number of aromatic nitrogens is 2. The van der Waals surface area contributed by atoms with Gasteiger partial charge < -0.3 is 5.32 Å². The number of halogens is 3. The number of nitrogens with zero attached hydrogens (tertiary/aromatic N) is 2. The van der Waals surface area contributed by atoms with E-state index in [9.17, 15) is 13.2 Å². The van der Waals surface area contributed by atoms with E-state index in [-0.39, 0.29) is 18.0 Å². The summed E-state index contributed by atoms with van der Waals surface area (Å²) in [5, 5.41) is 2.93. The highest BCUT2D eigenvalue weighted by atomic mass is 19.4. The molecule has 1 aromatic heterocycles. The summed E-state index contributed by atoms with van der Waals surface area (Å²) in [4.78, 5) is 8.24. The van der Waals surface area contributed by atoms with Gasteiger partial charge in [-0.2, -0.15) is 13.2 Å². The predicted octanol–water partition coefficient (Wildman–Crippen LogP) is 3.15. The molecule has 2 heterocycles. The highest BCUT2D eigenvalue weighted by molar-refractivity contribution is 5.31. The van der Waals surface area contributed by atoms with Crippen molar-refractivity contribution < 1.29 is 13.2 Å². The van der Waals surface area contributed by atoms with Crippen LogP contribution in [0.5, 0.6) is 0 Å². The SMILES string of the molecule is FC(F)(F)c1nc(C2CCCCC2)nc2c1CNC2. The number of nitrogens with one attached hydrogen (secondary N) is 1. The first-order valence-corrected chi connectivity index (χ1v) is 6.73. The molecule has 0 atom stereocenters. The molecule has 0 unspecified atom stereocenters. The molecule has 3 nitrogen and oxygen atoms in total. The first-order chi connectivity index (χ1) is 9.05. The average Bonchev–Trinajstić information content (AvgIpc) is 2.85. The first-order valence-electron chi connectivity index (χ1n) is 6.73. The van der Waals surface area contributed by atoms with Gasteiger partial charge in [0, 0.05) is 24.6 Å². The summed E-state index contributed by atoms with van der Waals surface area (Å²) in [7, 11) is 0. The second-order valence-corrected chi connectivity index (χ2v) is 5.29. The third-order valence-corrected chi connectivity index (χ3v) is 3.94. The molecule has 19 heavy (non-hydrogen) atoms. The minimum absolute atomic E-state index is 0.0979. The maximum absolute atomic E-state index is 13.1. The van der Waals surface area contributed by atoms with Gasteiger partial charge >= 0.3 is 6.18 Å². The fourth-order valence-electron chi connectivity index (χ4n) is 2.97. The van der Waals surface area contributed by atoms with Gasteiger partial charge in [-0.1, -0.05) is 19.3 Å². The Bertz CT molecular complexity index is 479. The van der Waals surface area contributed by atoms with Crippen molar-refractivity contribution in [1.82, 2.24) is 15.3 Å². The quantitative estimate of drug-likeness (QED) is 0.852. The number of hydrogen-bond donors (Lipinski definition) is 1. The maximum Gasteiger partial charge on any atom is 0.433 e. The van der Waals surface area contributed by atoms with E-state index in [4.69, 9.17) is 0 Å². The van der Waals surface area contributed by atoms with Crippen molar-refractivity contribution in [2.75, 3.05) is 0 Å². The van der Waals surface area contributed by atoms with E-state index in [1.807, 2.05) is 0 Å². The molecule has 6 heteroatoms. The van der Waals surface area contributed by atoms with Gasteiger partial charge in [0.2, 0.25) is 0 Å². The second kappa shape index (κ2) is 4.74. The van der Waals surface area contributed by atoms with Crippen LogP contribution in [0.15, 0.2) is 0 Å². The van der Waals surface area contributed by atoms with Crippen molar-refractivity contribution in [2.24, 2.45) is 0 Å². The highest BCUT2D eigenvalue weighted by Gasteiger charge is 2.39. The molecule has 0 spiro atoms.